The molecule has 0 aliphatic carbocycles. The van der Waals surface area contributed by atoms with Crippen LogP contribution in [0, 0.1) is 0 Å². The second kappa shape index (κ2) is 9.66. The molecule has 1 N–H and O–H groups in total. The summed E-state index contributed by atoms with van der Waals surface area (Å²) in [5.41, 5.74) is 2.60. The number of piperidine rings is 1. The van der Waals surface area contributed by atoms with Crippen LogP contribution in [0.1, 0.15) is 56.5 Å². The van der Waals surface area contributed by atoms with E-state index in [-0.39, 0.29) is 27.3 Å². The highest BCUT2D eigenvalue weighted by atomic mass is 35.5. The maximum absolute atomic E-state index is 13.0. The number of hydrogen-bond acceptors (Lipinski definition) is 6. The Hall–Kier alpha value is -3.08. The summed E-state index contributed by atoms with van der Waals surface area (Å²) in [4.78, 5) is 20.5. The van der Waals surface area contributed by atoms with Crippen molar-refractivity contribution in [1.82, 2.24) is 29.3 Å². The molecule has 0 amide bonds. The van der Waals surface area contributed by atoms with E-state index in [0.29, 0.717) is 49.0 Å². The van der Waals surface area contributed by atoms with Crippen molar-refractivity contribution in [3.63, 3.8) is 0 Å². The second-order valence-corrected chi connectivity index (χ2v) is 12.8. The first kappa shape index (κ1) is 25.6. The third-order valence-electron chi connectivity index (χ3n) is 6.82. The Labute approximate surface area is 220 Å². The SMILES string of the molecule is CC(C)(C)c1ccc(Cn2nnc3c(=O)[nH]c(C4CCN(S(=O)(=O)c5cccc(Cl)c5)CC4)nc32)cc1. The average molecular weight is 541 g/mol. The van der Waals surface area contributed by atoms with Gasteiger partial charge in [-0.25, -0.2) is 18.1 Å². The summed E-state index contributed by atoms with van der Waals surface area (Å²) in [6, 6.07) is 14.6. The van der Waals surface area contributed by atoms with Gasteiger partial charge in [0, 0.05) is 24.0 Å². The van der Waals surface area contributed by atoms with Crippen molar-refractivity contribution < 1.29 is 8.42 Å². The molecule has 9 nitrogen and oxygen atoms in total. The molecule has 0 unspecified atom stereocenters. The van der Waals surface area contributed by atoms with Gasteiger partial charge in [0.25, 0.3) is 5.56 Å². The first-order chi connectivity index (χ1) is 17.5. The molecule has 0 bridgehead atoms. The summed E-state index contributed by atoms with van der Waals surface area (Å²) >= 11 is 6.00. The van der Waals surface area contributed by atoms with Crippen LogP contribution in [0.3, 0.4) is 0 Å². The van der Waals surface area contributed by atoms with E-state index in [0.717, 1.165) is 5.56 Å². The van der Waals surface area contributed by atoms with Gasteiger partial charge in [-0.05, 0) is 47.6 Å². The maximum Gasteiger partial charge on any atom is 0.281 e. The van der Waals surface area contributed by atoms with Crippen LogP contribution in [0.25, 0.3) is 11.2 Å². The Morgan fingerprint density at radius 1 is 1.08 bits per heavy atom. The molecule has 0 atom stereocenters. The van der Waals surface area contributed by atoms with Gasteiger partial charge in [-0.15, -0.1) is 5.10 Å². The van der Waals surface area contributed by atoms with E-state index in [1.54, 1.807) is 22.9 Å². The molecule has 0 spiro atoms. The minimum Gasteiger partial charge on any atom is -0.308 e. The molecule has 3 heterocycles. The van der Waals surface area contributed by atoms with Crippen LogP contribution < -0.4 is 5.56 Å². The van der Waals surface area contributed by atoms with Crippen LogP contribution >= 0.6 is 11.6 Å². The highest BCUT2D eigenvalue weighted by molar-refractivity contribution is 7.89. The van der Waals surface area contributed by atoms with Gasteiger partial charge in [0.2, 0.25) is 10.0 Å². The van der Waals surface area contributed by atoms with Crippen molar-refractivity contribution in [3.05, 3.63) is 80.9 Å². The number of halogens is 1. The lowest BCUT2D eigenvalue weighted by molar-refractivity contribution is 0.313. The van der Waals surface area contributed by atoms with Crippen molar-refractivity contribution >= 4 is 32.8 Å². The highest BCUT2D eigenvalue weighted by Crippen LogP contribution is 2.30. The molecular formula is C26H29ClN6O3S. The van der Waals surface area contributed by atoms with Crippen LogP contribution in [-0.4, -0.2) is 50.8 Å². The molecule has 37 heavy (non-hydrogen) atoms. The van der Waals surface area contributed by atoms with Crippen molar-refractivity contribution in [2.24, 2.45) is 0 Å². The zero-order valence-corrected chi connectivity index (χ0v) is 22.6. The summed E-state index contributed by atoms with van der Waals surface area (Å²) in [6.45, 7) is 7.58. The van der Waals surface area contributed by atoms with Gasteiger partial charge in [-0.2, -0.15) is 4.31 Å². The van der Waals surface area contributed by atoms with Crippen LogP contribution in [0.4, 0.5) is 0 Å². The number of nitrogens with zero attached hydrogens (tertiary/aromatic N) is 5. The first-order valence-electron chi connectivity index (χ1n) is 12.2. The summed E-state index contributed by atoms with van der Waals surface area (Å²) in [6.07, 6.45) is 1.06. The molecular weight excluding hydrogens is 512 g/mol. The van der Waals surface area contributed by atoms with Gasteiger partial charge < -0.3 is 4.98 Å². The van der Waals surface area contributed by atoms with Gasteiger partial charge in [0.05, 0.1) is 11.4 Å². The van der Waals surface area contributed by atoms with Gasteiger partial charge >= 0.3 is 0 Å². The van der Waals surface area contributed by atoms with Crippen molar-refractivity contribution in [2.45, 2.75) is 56.4 Å². The van der Waals surface area contributed by atoms with Crippen LogP contribution in [0.2, 0.25) is 5.02 Å². The zero-order chi connectivity index (χ0) is 26.4. The third-order valence-corrected chi connectivity index (χ3v) is 8.95. The van der Waals surface area contributed by atoms with Gasteiger partial charge in [-0.1, -0.05) is 67.9 Å². The molecule has 1 aliphatic rings. The van der Waals surface area contributed by atoms with Gasteiger partial charge in [0.1, 0.15) is 5.82 Å². The lowest BCUT2D eigenvalue weighted by Crippen LogP contribution is -2.38. The normalized spacial score (nSPS) is 15.9. The van der Waals surface area contributed by atoms with Gasteiger partial charge in [0.15, 0.2) is 11.2 Å². The Morgan fingerprint density at radius 3 is 2.43 bits per heavy atom. The van der Waals surface area contributed by atoms with Crippen molar-refractivity contribution in [3.8, 4) is 0 Å². The number of aromatic nitrogens is 5. The van der Waals surface area contributed by atoms with Crippen LogP contribution in [0.15, 0.2) is 58.2 Å². The van der Waals surface area contributed by atoms with E-state index in [2.05, 4.69) is 60.3 Å². The number of H-pyrrole nitrogens is 1. The van der Waals surface area contributed by atoms with Crippen molar-refractivity contribution in [1.29, 1.82) is 0 Å². The lowest BCUT2D eigenvalue weighted by Gasteiger charge is -2.30. The number of rotatable bonds is 5. The zero-order valence-electron chi connectivity index (χ0n) is 21.0. The highest BCUT2D eigenvalue weighted by Gasteiger charge is 2.31. The molecule has 11 heteroatoms. The number of fused-ring (bicyclic) bond motifs is 1. The minimum atomic E-state index is -3.65. The molecule has 1 aliphatic heterocycles. The van der Waals surface area contributed by atoms with E-state index >= 15 is 0 Å². The Balaban J connectivity index is 1.35. The average Bonchev–Trinajstić information content (AvgIpc) is 3.27. The van der Waals surface area contributed by atoms with Crippen LogP contribution in [0.5, 0.6) is 0 Å². The topological polar surface area (TPSA) is 114 Å². The standard InChI is InChI=1S/C26H29ClN6O3S/c1-26(2,3)19-9-7-17(8-10-19)16-33-24-22(30-31-33)25(34)29-23(28-24)18-11-13-32(14-12-18)37(35,36)21-6-4-5-20(27)15-21/h4-10,15,18H,11-14,16H2,1-3H3,(H,28,29,34). The maximum atomic E-state index is 13.0. The molecule has 4 aromatic rings. The monoisotopic (exact) mass is 540 g/mol. The molecule has 1 fully saturated rings. The van der Waals surface area contributed by atoms with E-state index in [1.807, 2.05) is 0 Å². The predicted octanol–water partition coefficient (Wildman–Crippen LogP) is 4.08. The lowest BCUT2D eigenvalue weighted by atomic mass is 9.87. The largest absolute Gasteiger partial charge is 0.308 e. The fraction of sp³-hybridized carbons (Fsp3) is 0.385. The fourth-order valence-corrected chi connectivity index (χ4v) is 6.38. The quantitative estimate of drug-likeness (QED) is 0.408. The Kier molecular flexibility index (Phi) is 6.68. The number of benzene rings is 2. The second-order valence-electron chi connectivity index (χ2n) is 10.5. The summed E-state index contributed by atoms with van der Waals surface area (Å²) in [5, 5.41) is 8.61. The third kappa shape index (κ3) is 5.18. The molecule has 5 rings (SSSR count). The Morgan fingerprint density at radius 2 is 1.78 bits per heavy atom. The molecule has 0 saturated carbocycles. The summed E-state index contributed by atoms with van der Waals surface area (Å²) in [7, 11) is -3.65. The molecule has 194 valence electrons. The summed E-state index contributed by atoms with van der Waals surface area (Å²) in [5.74, 6) is 0.446. The predicted molar refractivity (Wildman–Crippen MR) is 142 cm³/mol. The van der Waals surface area contributed by atoms with Crippen molar-refractivity contribution in [2.75, 3.05) is 13.1 Å². The molecule has 0 radical (unpaired) electrons. The van der Waals surface area contributed by atoms with E-state index < -0.39 is 10.0 Å². The number of nitrogens with one attached hydrogen (secondary N) is 1. The Bertz CT molecular complexity index is 1600. The first-order valence-corrected chi connectivity index (χ1v) is 14.0. The number of sulfonamides is 1. The van der Waals surface area contributed by atoms with Gasteiger partial charge in [-0.3, -0.25) is 4.79 Å². The molecule has 1 saturated heterocycles. The number of aromatic amines is 1. The van der Waals surface area contributed by atoms with E-state index in [4.69, 9.17) is 16.6 Å². The van der Waals surface area contributed by atoms with Crippen LogP contribution in [-0.2, 0) is 22.0 Å². The number of hydrogen-bond donors (Lipinski definition) is 1. The summed E-state index contributed by atoms with van der Waals surface area (Å²) < 4.78 is 29.2. The molecule has 2 aromatic carbocycles. The molecule has 2 aromatic heterocycles. The van der Waals surface area contributed by atoms with E-state index in [9.17, 15) is 13.2 Å². The minimum absolute atomic E-state index is 0.0608. The fourth-order valence-electron chi connectivity index (χ4n) is 4.61. The smallest absolute Gasteiger partial charge is 0.281 e. The van der Waals surface area contributed by atoms with E-state index in [1.165, 1.54) is 15.9 Å².